The third-order valence-corrected chi connectivity index (χ3v) is 3.92. The molecule has 0 saturated heterocycles. The SMILES string of the molecule is C=CN=C1C=C(F)C=C/C1=C(/C)C1(CC)CC1. The monoisotopic (exact) mass is 231 g/mol. The fourth-order valence-electron chi connectivity index (χ4n) is 2.46. The number of nitrogens with zero attached hydrogens (tertiary/aromatic N) is 1. The molecule has 0 aliphatic heterocycles. The lowest BCUT2D eigenvalue weighted by Crippen LogP contribution is -2.10. The molecule has 2 aliphatic carbocycles. The van der Waals surface area contributed by atoms with Crippen LogP contribution in [-0.2, 0) is 0 Å². The molecule has 0 aromatic carbocycles. The normalized spacial score (nSPS) is 26.8. The zero-order chi connectivity index (χ0) is 12.5. The van der Waals surface area contributed by atoms with Crippen LogP contribution in [0.25, 0.3) is 0 Å². The molecule has 1 nitrogen and oxygen atoms in total. The average molecular weight is 231 g/mol. The van der Waals surface area contributed by atoms with Gasteiger partial charge in [0.25, 0.3) is 0 Å². The molecule has 0 aromatic heterocycles. The van der Waals surface area contributed by atoms with E-state index in [4.69, 9.17) is 0 Å². The van der Waals surface area contributed by atoms with Gasteiger partial charge in [-0.2, -0.15) is 0 Å². The highest BCUT2D eigenvalue weighted by molar-refractivity contribution is 6.12. The Bertz CT molecular complexity index is 459. The molecular weight excluding hydrogens is 213 g/mol. The minimum Gasteiger partial charge on any atom is -0.257 e. The molecule has 0 amide bonds. The summed E-state index contributed by atoms with van der Waals surface area (Å²) in [5.74, 6) is -0.247. The van der Waals surface area contributed by atoms with E-state index < -0.39 is 0 Å². The lowest BCUT2D eigenvalue weighted by atomic mass is 9.87. The van der Waals surface area contributed by atoms with Gasteiger partial charge in [-0.3, -0.25) is 4.99 Å². The highest BCUT2D eigenvalue weighted by atomic mass is 19.1. The maximum absolute atomic E-state index is 13.2. The van der Waals surface area contributed by atoms with Crippen molar-refractivity contribution in [3.63, 3.8) is 0 Å². The van der Waals surface area contributed by atoms with Gasteiger partial charge >= 0.3 is 0 Å². The highest BCUT2D eigenvalue weighted by Gasteiger charge is 2.43. The first-order chi connectivity index (χ1) is 8.13. The van der Waals surface area contributed by atoms with E-state index in [1.54, 1.807) is 0 Å². The predicted octanol–water partition coefficient (Wildman–Crippen LogP) is 4.50. The van der Waals surface area contributed by atoms with E-state index in [-0.39, 0.29) is 5.83 Å². The van der Waals surface area contributed by atoms with E-state index in [1.165, 1.54) is 36.8 Å². The Morgan fingerprint density at radius 3 is 2.76 bits per heavy atom. The number of allylic oxidation sites excluding steroid dienone is 6. The lowest BCUT2D eigenvalue weighted by molar-refractivity contribution is 0.581. The van der Waals surface area contributed by atoms with E-state index >= 15 is 0 Å². The Balaban J connectivity index is 2.44. The molecule has 90 valence electrons. The molecule has 0 radical (unpaired) electrons. The van der Waals surface area contributed by atoms with Gasteiger partial charge in [0.15, 0.2) is 0 Å². The minimum absolute atomic E-state index is 0.247. The maximum atomic E-state index is 13.2. The van der Waals surface area contributed by atoms with Crippen molar-refractivity contribution in [2.45, 2.75) is 33.1 Å². The Kier molecular flexibility index (Phi) is 3.14. The summed E-state index contributed by atoms with van der Waals surface area (Å²) in [5.41, 5.74) is 3.42. The van der Waals surface area contributed by atoms with E-state index in [0.717, 1.165) is 12.0 Å². The van der Waals surface area contributed by atoms with Crippen molar-refractivity contribution < 1.29 is 4.39 Å². The predicted molar refractivity (Wildman–Crippen MR) is 70.6 cm³/mol. The third-order valence-electron chi connectivity index (χ3n) is 3.92. The van der Waals surface area contributed by atoms with Gasteiger partial charge in [0, 0.05) is 12.3 Å². The van der Waals surface area contributed by atoms with Crippen LogP contribution >= 0.6 is 0 Å². The molecule has 0 N–H and O–H groups in total. The summed E-state index contributed by atoms with van der Waals surface area (Å²) in [6.45, 7) is 7.94. The van der Waals surface area contributed by atoms with Gasteiger partial charge in [0.1, 0.15) is 5.83 Å². The second-order valence-electron chi connectivity index (χ2n) is 4.73. The van der Waals surface area contributed by atoms with Crippen molar-refractivity contribution in [2.75, 3.05) is 0 Å². The molecule has 0 atom stereocenters. The lowest BCUT2D eigenvalue weighted by Gasteiger charge is -2.19. The molecule has 0 bridgehead atoms. The van der Waals surface area contributed by atoms with Crippen molar-refractivity contribution >= 4 is 5.71 Å². The smallest absolute Gasteiger partial charge is 0.125 e. The quantitative estimate of drug-likeness (QED) is 0.678. The Morgan fingerprint density at radius 2 is 2.24 bits per heavy atom. The van der Waals surface area contributed by atoms with E-state index in [9.17, 15) is 4.39 Å². The van der Waals surface area contributed by atoms with Crippen molar-refractivity contribution in [1.82, 2.24) is 0 Å². The van der Waals surface area contributed by atoms with Crippen molar-refractivity contribution in [2.24, 2.45) is 10.4 Å². The Morgan fingerprint density at radius 1 is 1.53 bits per heavy atom. The summed E-state index contributed by atoms with van der Waals surface area (Å²) in [6.07, 6.45) is 9.91. The van der Waals surface area contributed by atoms with Crippen molar-refractivity contribution in [3.05, 3.63) is 48.0 Å². The average Bonchev–Trinajstić information content (AvgIpc) is 3.10. The van der Waals surface area contributed by atoms with Gasteiger partial charge in [-0.25, -0.2) is 4.39 Å². The number of aliphatic imine (C=N–C) groups is 1. The number of rotatable bonds is 3. The molecular formula is C15H18FN. The molecule has 0 unspecified atom stereocenters. The third kappa shape index (κ3) is 2.17. The molecule has 17 heavy (non-hydrogen) atoms. The zero-order valence-electron chi connectivity index (χ0n) is 10.5. The largest absolute Gasteiger partial charge is 0.257 e. The van der Waals surface area contributed by atoms with Crippen LogP contribution in [0.3, 0.4) is 0 Å². The second kappa shape index (κ2) is 4.44. The fraction of sp³-hybridized carbons (Fsp3) is 0.400. The van der Waals surface area contributed by atoms with Crippen molar-refractivity contribution in [1.29, 1.82) is 0 Å². The van der Waals surface area contributed by atoms with Gasteiger partial charge in [0.2, 0.25) is 0 Å². The molecule has 2 rings (SSSR count). The number of hydrogen-bond acceptors (Lipinski definition) is 1. The van der Waals surface area contributed by atoms with Gasteiger partial charge in [0.05, 0.1) is 5.71 Å². The molecule has 2 heteroatoms. The van der Waals surface area contributed by atoms with Crippen LogP contribution in [0.15, 0.2) is 53.0 Å². The molecule has 0 spiro atoms. The molecule has 1 saturated carbocycles. The van der Waals surface area contributed by atoms with Gasteiger partial charge in [-0.15, -0.1) is 0 Å². The summed E-state index contributed by atoms with van der Waals surface area (Å²) < 4.78 is 13.2. The van der Waals surface area contributed by atoms with E-state index in [0.29, 0.717) is 11.1 Å². The molecule has 0 aromatic rings. The van der Waals surface area contributed by atoms with Crippen LogP contribution in [0.5, 0.6) is 0 Å². The van der Waals surface area contributed by atoms with Gasteiger partial charge in [-0.05, 0) is 49.3 Å². The standard InChI is InChI=1S/C15H18FN/c1-4-15(8-9-15)11(3)13-7-6-12(16)10-14(13)17-5-2/h5-7,10H,2,4,8-9H2,1,3H3/b13-11+,17-14?. The molecule has 0 heterocycles. The van der Waals surface area contributed by atoms with Crippen LogP contribution in [0.2, 0.25) is 0 Å². The topological polar surface area (TPSA) is 12.4 Å². The summed E-state index contributed by atoms with van der Waals surface area (Å²) in [6, 6.07) is 0. The van der Waals surface area contributed by atoms with Crippen LogP contribution in [0.1, 0.15) is 33.1 Å². The highest BCUT2D eigenvalue weighted by Crippen LogP contribution is 2.55. The Labute approximate surface area is 102 Å². The summed E-state index contributed by atoms with van der Waals surface area (Å²) in [4.78, 5) is 4.17. The summed E-state index contributed by atoms with van der Waals surface area (Å²) in [5, 5.41) is 0. The summed E-state index contributed by atoms with van der Waals surface area (Å²) in [7, 11) is 0. The van der Waals surface area contributed by atoms with Crippen LogP contribution in [0, 0.1) is 5.41 Å². The van der Waals surface area contributed by atoms with Crippen LogP contribution < -0.4 is 0 Å². The minimum atomic E-state index is -0.247. The number of hydrogen-bond donors (Lipinski definition) is 0. The van der Waals surface area contributed by atoms with Crippen molar-refractivity contribution in [3.8, 4) is 0 Å². The fourth-order valence-corrected chi connectivity index (χ4v) is 2.46. The number of halogens is 1. The van der Waals surface area contributed by atoms with E-state index in [2.05, 4.69) is 25.4 Å². The zero-order valence-corrected chi connectivity index (χ0v) is 10.5. The first kappa shape index (κ1) is 12.0. The van der Waals surface area contributed by atoms with E-state index in [1.807, 2.05) is 6.08 Å². The first-order valence-electron chi connectivity index (χ1n) is 6.08. The van der Waals surface area contributed by atoms with Crippen LogP contribution in [0.4, 0.5) is 4.39 Å². The van der Waals surface area contributed by atoms with Crippen LogP contribution in [-0.4, -0.2) is 5.71 Å². The summed E-state index contributed by atoms with van der Waals surface area (Å²) >= 11 is 0. The van der Waals surface area contributed by atoms with Gasteiger partial charge < -0.3 is 0 Å². The van der Waals surface area contributed by atoms with Gasteiger partial charge in [-0.1, -0.05) is 19.1 Å². The first-order valence-corrected chi connectivity index (χ1v) is 6.08. The molecule has 1 fully saturated rings. The second-order valence-corrected chi connectivity index (χ2v) is 4.73. The maximum Gasteiger partial charge on any atom is 0.125 e. The molecule has 2 aliphatic rings. The Hall–Kier alpha value is -1.44.